The summed E-state index contributed by atoms with van der Waals surface area (Å²) in [5.41, 5.74) is 3.63. The summed E-state index contributed by atoms with van der Waals surface area (Å²) in [6, 6.07) is 3.45. The quantitative estimate of drug-likeness (QED) is 0.393. The topological polar surface area (TPSA) is 115 Å². The summed E-state index contributed by atoms with van der Waals surface area (Å²) in [4.78, 5) is 46.0. The smallest absolute Gasteiger partial charge is 0.272 e. The second-order valence-electron chi connectivity index (χ2n) is 8.33. The Bertz CT molecular complexity index is 1490. The van der Waals surface area contributed by atoms with Gasteiger partial charge in [0.05, 0.1) is 48.7 Å². The van der Waals surface area contributed by atoms with Gasteiger partial charge in [0.1, 0.15) is 22.4 Å². The molecule has 0 aliphatic carbocycles. The van der Waals surface area contributed by atoms with E-state index < -0.39 is 0 Å². The van der Waals surface area contributed by atoms with Crippen molar-refractivity contribution in [3.8, 4) is 16.9 Å². The molecule has 0 aromatic carbocycles. The molecule has 36 heavy (non-hydrogen) atoms. The van der Waals surface area contributed by atoms with Crippen LogP contribution in [0.3, 0.4) is 0 Å². The predicted octanol–water partition coefficient (Wildman–Crippen LogP) is 4.02. The summed E-state index contributed by atoms with van der Waals surface area (Å²) >= 11 is 7.48. The second kappa shape index (κ2) is 9.32. The van der Waals surface area contributed by atoms with Crippen LogP contribution in [0, 0.1) is 13.8 Å². The molecule has 2 amide bonds. The normalized spacial score (nSPS) is 12.5. The number of hydrogen-bond donors (Lipinski definition) is 1. The van der Waals surface area contributed by atoms with Gasteiger partial charge in [-0.15, -0.1) is 0 Å². The first-order chi connectivity index (χ1) is 17.2. The average molecular weight is 524 g/mol. The number of pyridine rings is 2. The first-order valence-corrected chi connectivity index (χ1v) is 12.2. The van der Waals surface area contributed by atoms with Gasteiger partial charge in [-0.25, -0.2) is 15.0 Å². The number of rotatable bonds is 5. The number of nitrogens with zero attached hydrogens (tertiary/aromatic N) is 6. The van der Waals surface area contributed by atoms with Gasteiger partial charge in [0.2, 0.25) is 0 Å². The summed E-state index contributed by atoms with van der Waals surface area (Å²) in [7, 11) is 3.35. The van der Waals surface area contributed by atoms with E-state index in [9.17, 15) is 9.59 Å². The highest BCUT2D eigenvalue weighted by atomic mass is 35.5. The predicted molar refractivity (Wildman–Crippen MR) is 135 cm³/mol. The zero-order valence-electron chi connectivity index (χ0n) is 20.0. The third-order valence-electron chi connectivity index (χ3n) is 6.03. The van der Waals surface area contributed by atoms with Gasteiger partial charge in [-0.05, 0) is 26.0 Å². The van der Waals surface area contributed by atoms with Crippen LogP contribution in [0.5, 0.6) is 5.75 Å². The van der Waals surface area contributed by atoms with Crippen molar-refractivity contribution in [2.24, 2.45) is 7.05 Å². The summed E-state index contributed by atoms with van der Waals surface area (Å²) in [5.74, 6) is 0.792. The highest BCUT2D eigenvalue weighted by molar-refractivity contribution is 7.16. The molecule has 1 aliphatic rings. The Morgan fingerprint density at radius 1 is 1.08 bits per heavy atom. The van der Waals surface area contributed by atoms with Crippen LogP contribution in [0.4, 0.5) is 5.13 Å². The molecule has 5 heterocycles. The number of halogens is 1. The van der Waals surface area contributed by atoms with Gasteiger partial charge >= 0.3 is 0 Å². The first kappa shape index (κ1) is 23.9. The molecular formula is C24H22ClN7O3S. The maximum absolute atomic E-state index is 13.3. The van der Waals surface area contributed by atoms with Crippen LogP contribution < -0.4 is 10.1 Å². The van der Waals surface area contributed by atoms with E-state index in [1.807, 2.05) is 20.9 Å². The number of hydrogen-bond acceptors (Lipinski definition) is 8. The van der Waals surface area contributed by atoms with Gasteiger partial charge in [0.15, 0.2) is 5.13 Å². The zero-order chi connectivity index (χ0) is 25.6. The molecule has 4 aromatic heterocycles. The number of carbonyl (C=O) groups is 2. The molecular weight excluding hydrogens is 502 g/mol. The monoisotopic (exact) mass is 523 g/mol. The van der Waals surface area contributed by atoms with E-state index in [4.69, 9.17) is 16.3 Å². The lowest BCUT2D eigenvalue weighted by atomic mass is 10.0. The number of nitrogens with one attached hydrogen (secondary N) is 1. The van der Waals surface area contributed by atoms with E-state index in [1.54, 1.807) is 27.8 Å². The minimum Gasteiger partial charge on any atom is -0.494 e. The molecule has 10 nitrogen and oxygen atoms in total. The summed E-state index contributed by atoms with van der Waals surface area (Å²) in [6.07, 6.45) is 4.62. The molecule has 0 spiro atoms. The minimum atomic E-state index is -0.363. The molecule has 0 fully saturated rings. The highest BCUT2D eigenvalue weighted by Crippen LogP contribution is 2.35. The van der Waals surface area contributed by atoms with Crippen molar-refractivity contribution in [3.05, 3.63) is 69.2 Å². The van der Waals surface area contributed by atoms with Crippen LogP contribution in [0.1, 0.15) is 42.9 Å². The summed E-state index contributed by atoms with van der Waals surface area (Å²) in [6.45, 7) is 4.49. The van der Waals surface area contributed by atoms with Crippen molar-refractivity contribution in [2.75, 3.05) is 12.4 Å². The van der Waals surface area contributed by atoms with Crippen LogP contribution in [-0.4, -0.2) is 48.3 Å². The van der Waals surface area contributed by atoms with Crippen molar-refractivity contribution < 1.29 is 14.3 Å². The number of ether oxygens (including phenoxy) is 1. The van der Waals surface area contributed by atoms with Crippen molar-refractivity contribution in [1.29, 1.82) is 0 Å². The van der Waals surface area contributed by atoms with Crippen LogP contribution in [0.2, 0.25) is 5.15 Å². The fraction of sp³-hybridized carbons (Fsp3) is 0.250. The van der Waals surface area contributed by atoms with Gasteiger partial charge in [-0.3, -0.25) is 19.9 Å². The maximum atomic E-state index is 13.3. The first-order valence-electron chi connectivity index (χ1n) is 11.0. The number of carbonyl (C=O) groups excluding carboxylic acids is 2. The van der Waals surface area contributed by atoms with Gasteiger partial charge < -0.3 is 14.2 Å². The number of amides is 2. The Balaban J connectivity index is 1.36. The Morgan fingerprint density at radius 2 is 1.89 bits per heavy atom. The number of aromatic nitrogens is 5. The van der Waals surface area contributed by atoms with Gasteiger partial charge in [0.25, 0.3) is 11.8 Å². The SMILES string of the molecule is COc1cnc(Cl)cc1-c1cc(C)ncc1C(=O)Nc1nc2c(s1)CN(C(=O)c1cnc(C)n1C)C2. The fourth-order valence-corrected chi connectivity index (χ4v) is 5.16. The van der Waals surface area contributed by atoms with E-state index in [-0.39, 0.29) is 17.0 Å². The lowest BCUT2D eigenvalue weighted by molar-refractivity contribution is 0.0740. The zero-order valence-corrected chi connectivity index (χ0v) is 21.6. The van der Waals surface area contributed by atoms with E-state index in [0.717, 1.165) is 22.1 Å². The van der Waals surface area contributed by atoms with Crippen molar-refractivity contribution >= 4 is 39.9 Å². The second-order valence-corrected chi connectivity index (χ2v) is 9.80. The molecule has 12 heteroatoms. The number of anilines is 1. The van der Waals surface area contributed by atoms with Crippen molar-refractivity contribution in [2.45, 2.75) is 26.9 Å². The minimum absolute atomic E-state index is 0.103. The van der Waals surface area contributed by atoms with Crippen LogP contribution >= 0.6 is 22.9 Å². The molecule has 1 N–H and O–H groups in total. The standard InChI is InChI=1S/C24H22ClN7O3S/c1-12-5-14(15-6-21(25)28-9-19(15)35-4)16(7-26-12)22(33)30-24-29-17-10-32(11-20(17)36-24)23(34)18-8-27-13(2)31(18)3/h5-9H,10-11H2,1-4H3,(H,29,30,33). The van der Waals surface area contributed by atoms with E-state index >= 15 is 0 Å². The van der Waals surface area contributed by atoms with Crippen LogP contribution in [-0.2, 0) is 20.1 Å². The summed E-state index contributed by atoms with van der Waals surface area (Å²) in [5, 5.41) is 3.62. The Labute approximate surface area is 216 Å². The Kier molecular flexibility index (Phi) is 6.19. The molecule has 0 saturated heterocycles. The van der Waals surface area contributed by atoms with Gasteiger partial charge in [0, 0.05) is 30.1 Å². The largest absolute Gasteiger partial charge is 0.494 e. The van der Waals surface area contributed by atoms with Crippen molar-refractivity contribution in [3.63, 3.8) is 0 Å². The molecule has 0 saturated carbocycles. The molecule has 1 aliphatic heterocycles. The third kappa shape index (κ3) is 4.31. The highest BCUT2D eigenvalue weighted by Gasteiger charge is 2.30. The molecule has 4 aromatic rings. The average Bonchev–Trinajstić information content (AvgIpc) is 3.52. The number of methoxy groups -OCH3 is 1. The van der Waals surface area contributed by atoms with Gasteiger partial charge in [-0.1, -0.05) is 22.9 Å². The maximum Gasteiger partial charge on any atom is 0.272 e. The van der Waals surface area contributed by atoms with Crippen molar-refractivity contribution in [1.82, 2.24) is 29.4 Å². The molecule has 0 atom stereocenters. The summed E-state index contributed by atoms with van der Waals surface area (Å²) < 4.78 is 7.21. The lowest BCUT2D eigenvalue weighted by Gasteiger charge is -2.15. The van der Waals surface area contributed by atoms with E-state index in [2.05, 4.69) is 25.3 Å². The lowest BCUT2D eigenvalue weighted by Crippen LogP contribution is -2.27. The number of thiazole rings is 1. The number of aryl methyl sites for hydroxylation is 2. The van der Waals surface area contributed by atoms with E-state index in [1.165, 1.54) is 30.8 Å². The van der Waals surface area contributed by atoms with Crippen LogP contribution in [0.25, 0.3) is 11.1 Å². The third-order valence-corrected chi connectivity index (χ3v) is 7.23. The molecule has 0 unspecified atom stereocenters. The number of fused-ring (bicyclic) bond motifs is 1. The molecule has 184 valence electrons. The molecule has 0 radical (unpaired) electrons. The fourth-order valence-electron chi connectivity index (χ4n) is 4.02. The number of imidazole rings is 1. The Hall–Kier alpha value is -3.83. The molecule has 5 rings (SSSR count). The van der Waals surface area contributed by atoms with Gasteiger partial charge in [-0.2, -0.15) is 0 Å². The van der Waals surface area contributed by atoms with Crippen LogP contribution in [0.15, 0.2) is 30.7 Å². The molecule has 0 bridgehead atoms. The van der Waals surface area contributed by atoms with E-state index in [0.29, 0.717) is 46.4 Å². The Morgan fingerprint density at radius 3 is 2.58 bits per heavy atom.